The van der Waals surface area contributed by atoms with Crippen LogP contribution in [-0.2, 0) is 4.79 Å². The predicted octanol–water partition coefficient (Wildman–Crippen LogP) is 6.60. The number of para-hydroxylation sites is 2. The fraction of sp³-hybridized carbons (Fsp3) is 0.323. The number of aliphatic carboxylic acids is 1. The number of hydrogen-bond donors (Lipinski definition) is 3. The molecule has 0 fully saturated rings. The second-order valence-electron chi connectivity index (χ2n) is 9.59. The van der Waals surface area contributed by atoms with Crippen LogP contribution in [0.15, 0.2) is 78.9 Å². The summed E-state index contributed by atoms with van der Waals surface area (Å²) >= 11 is 0. The molecule has 0 saturated carbocycles. The van der Waals surface area contributed by atoms with E-state index in [1.165, 1.54) is 0 Å². The number of carboxylic acid groups (broad SMARTS) is 1. The number of carboxylic acids is 1. The molecule has 7 heteroatoms. The third-order valence-electron chi connectivity index (χ3n) is 6.80. The number of anilines is 1. The van der Waals surface area contributed by atoms with Gasteiger partial charge in [0.25, 0.3) is 5.91 Å². The zero-order valence-corrected chi connectivity index (χ0v) is 22.1. The third-order valence-corrected chi connectivity index (χ3v) is 6.80. The van der Waals surface area contributed by atoms with E-state index in [0.29, 0.717) is 11.5 Å². The quantitative estimate of drug-likeness (QED) is 0.188. The molecule has 0 aliphatic carbocycles. The first-order valence-electron chi connectivity index (χ1n) is 13.4. The van der Waals surface area contributed by atoms with Crippen molar-refractivity contribution in [2.75, 3.05) is 11.9 Å². The van der Waals surface area contributed by atoms with Gasteiger partial charge in [0, 0.05) is 23.2 Å². The van der Waals surface area contributed by atoms with Gasteiger partial charge < -0.3 is 15.7 Å². The zero-order chi connectivity index (χ0) is 26.9. The minimum Gasteiger partial charge on any atom is -0.481 e. The molecular formula is C31H36N4O3. The molecule has 1 atom stereocenters. The number of carbonyl (C=O) groups excluding carboxylic acids is 1. The third kappa shape index (κ3) is 6.40. The van der Waals surface area contributed by atoms with Gasteiger partial charge in [-0.2, -0.15) is 5.10 Å². The van der Waals surface area contributed by atoms with E-state index in [2.05, 4.69) is 54.8 Å². The van der Waals surface area contributed by atoms with Crippen LogP contribution >= 0.6 is 0 Å². The van der Waals surface area contributed by atoms with Crippen molar-refractivity contribution in [3.63, 3.8) is 0 Å². The molecule has 38 heavy (non-hydrogen) atoms. The Bertz CT molecular complexity index is 1340. The monoisotopic (exact) mass is 512 g/mol. The Hall–Kier alpha value is -4.13. The lowest BCUT2D eigenvalue weighted by molar-refractivity contribution is -0.136. The average Bonchev–Trinajstić information content (AvgIpc) is 3.32. The highest BCUT2D eigenvalue weighted by Crippen LogP contribution is 2.36. The van der Waals surface area contributed by atoms with Gasteiger partial charge in [0.05, 0.1) is 29.4 Å². The molecule has 0 aliphatic heterocycles. The van der Waals surface area contributed by atoms with Crippen LogP contribution in [0, 0.1) is 5.92 Å². The first-order chi connectivity index (χ1) is 18.5. The van der Waals surface area contributed by atoms with Crippen molar-refractivity contribution in [1.82, 2.24) is 15.1 Å². The van der Waals surface area contributed by atoms with E-state index in [9.17, 15) is 9.59 Å². The van der Waals surface area contributed by atoms with E-state index in [1.807, 2.05) is 41.1 Å². The van der Waals surface area contributed by atoms with Crippen LogP contribution in [0.25, 0.3) is 16.6 Å². The SMILES string of the molecule is CCCC(CCC)C(Nc1ccc(C(=O)NCCC(=O)O)cc1)c1nn(-c2ccccc2)c2ccccc12. The zero-order valence-electron chi connectivity index (χ0n) is 22.1. The maximum absolute atomic E-state index is 12.4. The topological polar surface area (TPSA) is 96.2 Å². The van der Waals surface area contributed by atoms with Gasteiger partial charge >= 0.3 is 5.97 Å². The molecule has 1 unspecified atom stereocenters. The summed E-state index contributed by atoms with van der Waals surface area (Å²) in [5.74, 6) is -0.838. The summed E-state index contributed by atoms with van der Waals surface area (Å²) in [6.45, 7) is 4.54. The molecule has 198 valence electrons. The van der Waals surface area contributed by atoms with Crippen LogP contribution in [-0.4, -0.2) is 33.3 Å². The Morgan fingerprint density at radius 1 is 0.895 bits per heavy atom. The maximum Gasteiger partial charge on any atom is 0.305 e. The molecule has 7 nitrogen and oxygen atoms in total. The lowest BCUT2D eigenvalue weighted by Crippen LogP contribution is -2.26. The van der Waals surface area contributed by atoms with Gasteiger partial charge in [-0.25, -0.2) is 4.68 Å². The van der Waals surface area contributed by atoms with Crippen molar-refractivity contribution in [2.45, 2.75) is 52.0 Å². The number of nitrogens with zero attached hydrogens (tertiary/aromatic N) is 2. The number of nitrogens with one attached hydrogen (secondary N) is 2. The van der Waals surface area contributed by atoms with Crippen molar-refractivity contribution < 1.29 is 14.7 Å². The number of carbonyl (C=O) groups is 2. The lowest BCUT2D eigenvalue weighted by atomic mass is 9.87. The van der Waals surface area contributed by atoms with Crippen LogP contribution in [0.2, 0.25) is 0 Å². The Labute approximate surface area is 223 Å². The van der Waals surface area contributed by atoms with Crippen LogP contribution in [0.5, 0.6) is 0 Å². The molecule has 4 aromatic rings. The molecule has 1 aromatic heterocycles. The Morgan fingerprint density at radius 2 is 1.55 bits per heavy atom. The number of aromatic nitrogens is 2. The van der Waals surface area contributed by atoms with Crippen LogP contribution in [0.3, 0.4) is 0 Å². The molecule has 0 radical (unpaired) electrons. The fourth-order valence-electron chi connectivity index (χ4n) is 5.00. The average molecular weight is 513 g/mol. The summed E-state index contributed by atoms with van der Waals surface area (Å²) in [5, 5.41) is 21.5. The number of amides is 1. The highest BCUT2D eigenvalue weighted by molar-refractivity contribution is 5.94. The molecule has 1 heterocycles. The van der Waals surface area contributed by atoms with E-state index in [1.54, 1.807) is 12.1 Å². The predicted molar refractivity (Wildman–Crippen MR) is 152 cm³/mol. The largest absolute Gasteiger partial charge is 0.481 e. The summed E-state index contributed by atoms with van der Waals surface area (Å²) in [6.07, 6.45) is 4.20. The Morgan fingerprint density at radius 3 is 2.21 bits per heavy atom. The summed E-state index contributed by atoms with van der Waals surface area (Å²) in [4.78, 5) is 23.1. The highest BCUT2D eigenvalue weighted by Gasteiger charge is 2.27. The minimum absolute atomic E-state index is 0.0139. The van der Waals surface area contributed by atoms with Gasteiger partial charge in [0.15, 0.2) is 0 Å². The first-order valence-corrected chi connectivity index (χ1v) is 13.4. The molecule has 0 aliphatic rings. The van der Waals surface area contributed by atoms with E-state index >= 15 is 0 Å². The van der Waals surface area contributed by atoms with Crippen LogP contribution < -0.4 is 10.6 Å². The summed E-state index contributed by atoms with van der Waals surface area (Å²) in [7, 11) is 0. The van der Waals surface area contributed by atoms with Gasteiger partial charge in [-0.15, -0.1) is 0 Å². The van der Waals surface area contributed by atoms with Crippen LogP contribution in [0.4, 0.5) is 5.69 Å². The summed E-state index contributed by atoms with van der Waals surface area (Å²) in [5.41, 5.74) is 4.52. The molecular weight excluding hydrogens is 476 g/mol. The van der Waals surface area contributed by atoms with Crippen LogP contribution in [0.1, 0.15) is 68.0 Å². The highest BCUT2D eigenvalue weighted by atomic mass is 16.4. The second-order valence-corrected chi connectivity index (χ2v) is 9.59. The minimum atomic E-state index is -0.938. The van der Waals surface area contributed by atoms with Crippen molar-refractivity contribution in [2.24, 2.45) is 5.92 Å². The van der Waals surface area contributed by atoms with Crippen molar-refractivity contribution in [3.8, 4) is 5.69 Å². The summed E-state index contributed by atoms with van der Waals surface area (Å²) in [6, 6.07) is 25.9. The van der Waals surface area contributed by atoms with E-state index in [0.717, 1.165) is 53.7 Å². The van der Waals surface area contributed by atoms with Crippen molar-refractivity contribution in [1.29, 1.82) is 0 Å². The second kappa shape index (κ2) is 12.9. The maximum atomic E-state index is 12.4. The Balaban J connectivity index is 1.68. The summed E-state index contributed by atoms with van der Waals surface area (Å²) < 4.78 is 2.03. The fourth-order valence-corrected chi connectivity index (χ4v) is 5.00. The van der Waals surface area contributed by atoms with E-state index in [4.69, 9.17) is 10.2 Å². The standard InChI is InChI=1S/C31H36N4O3/c1-3-10-22(11-4-2)29(33-24-18-16-23(17-19-24)31(38)32-21-20-28(36)37)30-26-14-8-9-15-27(26)35(34-30)25-12-6-5-7-13-25/h5-9,12-19,22,29,33H,3-4,10-11,20-21H2,1-2H3,(H,32,38)(H,36,37). The normalized spacial score (nSPS) is 12.0. The van der Waals surface area contributed by atoms with Crippen molar-refractivity contribution >= 4 is 28.5 Å². The van der Waals surface area contributed by atoms with E-state index < -0.39 is 5.97 Å². The van der Waals surface area contributed by atoms with E-state index in [-0.39, 0.29) is 24.9 Å². The molecule has 3 aromatic carbocycles. The Kier molecular flexibility index (Phi) is 9.14. The number of rotatable bonds is 13. The molecule has 1 amide bonds. The van der Waals surface area contributed by atoms with Gasteiger partial charge in [0.2, 0.25) is 0 Å². The van der Waals surface area contributed by atoms with Crippen molar-refractivity contribution in [3.05, 3.63) is 90.1 Å². The molecule has 4 rings (SSSR count). The van der Waals surface area contributed by atoms with Gasteiger partial charge in [-0.05, 0) is 61.2 Å². The molecule has 0 saturated heterocycles. The molecule has 3 N–H and O–H groups in total. The first kappa shape index (κ1) is 26.9. The van der Waals surface area contributed by atoms with Gasteiger partial charge in [0.1, 0.15) is 0 Å². The lowest BCUT2D eigenvalue weighted by Gasteiger charge is -2.28. The molecule has 0 spiro atoms. The van der Waals surface area contributed by atoms with Gasteiger partial charge in [-0.1, -0.05) is 63.1 Å². The number of fused-ring (bicyclic) bond motifs is 1. The number of benzene rings is 3. The smallest absolute Gasteiger partial charge is 0.305 e. The van der Waals surface area contributed by atoms with Gasteiger partial charge in [-0.3, -0.25) is 9.59 Å². The number of hydrogen-bond acceptors (Lipinski definition) is 4. The molecule has 0 bridgehead atoms.